The second-order valence-electron chi connectivity index (χ2n) is 1.88. The molecule has 0 bridgehead atoms. The van der Waals surface area contributed by atoms with E-state index in [0.717, 1.165) is 4.42 Å². The lowest BCUT2D eigenvalue weighted by Gasteiger charge is -2.19. The Labute approximate surface area is 73.4 Å². The Hall–Kier alpha value is 0.0800. The SMILES string of the molecule is O=C1C(Cl)=CC(Cl)CN1Cl. The molecule has 5 heteroatoms. The molecule has 1 aliphatic rings. The van der Waals surface area contributed by atoms with Gasteiger partial charge in [0.15, 0.2) is 0 Å². The molecule has 1 unspecified atom stereocenters. The predicted octanol–water partition coefficient (Wildman–Crippen LogP) is 1.71. The van der Waals surface area contributed by atoms with Crippen LogP contribution < -0.4 is 0 Å². The highest BCUT2D eigenvalue weighted by Gasteiger charge is 2.23. The fraction of sp³-hybridized carbons (Fsp3) is 0.400. The van der Waals surface area contributed by atoms with Gasteiger partial charge in [0.05, 0.1) is 11.9 Å². The maximum absolute atomic E-state index is 10.8. The molecule has 0 aromatic rings. The normalized spacial score (nSPS) is 26.7. The van der Waals surface area contributed by atoms with Gasteiger partial charge in [-0.1, -0.05) is 11.6 Å². The van der Waals surface area contributed by atoms with Crippen LogP contribution in [0.3, 0.4) is 0 Å². The maximum Gasteiger partial charge on any atom is 0.279 e. The zero-order valence-corrected chi connectivity index (χ0v) is 7.12. The summed E-state index contributed by atoms with van der Waals surface area (Å²) in [5.74, 6) is -0.389. The van der Waals surface area contributed by atoms with Crippen molar-refractivity contribution in [3.05, 3.63) is 11.1 Å². The van der Waals surface area contributed by atoms with E-state index in [4.69, 9.17) is 35.0 Å². The van der Waals surface area contributed by atoms with Crippen molar-refractivity contribution in [2.45, 2.75) is 5.38 Å². The van der Waals surface area contributed by atoms with Crippen LogP contribution in [-0.2, 0) is 4.79 Å². The van der Waals surface area contributed by atoms with Gasteiger partial charge in [-0.15, -0.1) is 11.6 Å². The van der Waals surface area contributed by atoms with Gasteiger partial charge in [0.2, 0.25) is 0 Å². The summed E-state index contributed by atoms with van der Waals surface area (Å²) in [5.41, 5.74) is 0. The van der Waals surface area contributed by atoms with Gasteiger partial charge in [0.25, 0.3) is 5.91 Å². The Balaban J connectivity index is 2.81. The van der Waals surface area contributed by atoms with Crippen molar-refractivity contribution >= 4 is 40.9 Å². The third-order valence-electron chi connectivity index (χ3n) is 1.09. The van der Waals surface area contributed by atoms with E-state index in [2.05, 4.69) is 0 Å². The molecule has 0 aromatic heterocycles. The number of hydrogen-bond acceptors (Lipinski definition) is 1. The molecule has 0 radical (unpaired) electrons. The molecule has 0 saturated heterocycles. The van der Waals surface area contributed by atoms with Gasteiger partial charge in [-0.05, 0) is 6.08 Å². The number of carbonyl (C=O) groups excluding carboxylic acids is 1. The smallest absolute Gasteiger partial charge is 0.267 e. The molecular weight excluding hydrogens is 196 g/mol. The van der Waals surface area contributed by atoms with Crippen molar-refractivity contribution < 1.29 is 4.79 Å². The van der Waals surface area contributed by atoms with Crippen LogP contribution in [0.4, 0.5) is 0 Å². The van der Waals surface area contributed by atoms with E-state index in [1.165, 1.54) is 6.08 Å². The van der Waals surface area contributed by atoms with Gasteiger partial charge in [0, 0.05) is 11.8 Å². The number of nitrogens with zero attached hydrogens (tertiary/aromatic N) is 1. The lowest BCUT2D eigenvalue weighted by Crippen LogP contribution is -2.31. The van der Waals surface area contributed by atoms with Crippen LogP contribution in [-0.4, -0.2) is 22.2 Å². The van der Waals surface area contributed by atoms with Crippen LogP contribution in [0.15, 0.2) is 11.1 Å². The fourth-order valence-electron chi connectivity index (χ4n) is 0.635. The topological polar surface area (TPSA) is 20.3 Å². The first-order chi connectivity index (χ1) is 4.61. The van der Waals surface area contributed by atoms with E-state index in [-0.39, 0.29) is 16.3 Å². The zero-order chi connectivity index (χ0) is 7.72. The van der Waals surface area contributed by atoms with E-state index < -0.39 is 0 Å². The van der Waals surface area contributed by atoms with Crippen LogP contribution in [0.25, 0.3) is 0 Å². The third-order valence-corrected chi connectivity index (χ3v) is 1.93. The molecule has 0 N–H and O–H groups in total. The summed E-state index contributed by atoms with van der Waals surface area (Å²) < 4.78 is 0.972. The van der Waals surface area contributed by atoms with Crippen LogP contribution >= 0.6 is 35.0 Å². The van der Waals surface area contributed by atoms with Crippen molar-refractivity contribution in [3.63, 3.8) is 0 Å². The monoisotopic (exact) mass is 199 g/mol. The standard InChI is InChI=1S/C5H4Cl3NO/c6-3-1-4(7)5(10)9(8)2-3/h1,3H,2H2. The van der Waals surface area contributed by atoms with Gasteiger partial charge in [0.1, 0.15) is 5.03 Å². The fourth-order valence-corrected chi connectivity index (χ4v) is 1.57. The Kier molecular flexibility index (Phi) is 2.45. The lowest BCUT2D eigenvalue weighted by molar-refractivity contribution is -0.122. The average Bonchev–Trinajstić information content (AvgIpc) is 1.82. The molecule has 0 saturated carbocycles. The molecule has 1 amide bonds. The van der Waals surface area contributed by atoms with Crippen LogP contribution in [0.1, 0.15) is 0 Å². The second kappa shape index (κ2) is 2.99. The number of amides is 1. The van der Waals surface area contributed by atoms with Crippen molar-refractivity contribution in [2.24, 2.45) is 0 Å². The van der Waals surface area contributed by atoms with Gasteiger partial charge in [-0.2, -0.15) is 0 Å². The first kappa shape index (κ1) is 8.18. The molecule has 10 heavy (non-hydrogen) atoms. The Morgan fingerprint density at radius 1 is 1.70 bits per heavy atom. The minimum atomic E-state index is -0.389. The largest absolute Gasteiger partial charge is 0.279 e. The Morgan fingerprint density at radius 3 is 2.80 bits per heavy atom. The molecule has 2 nitrogen and oxygen atoms in total. The quantitative estimate of drug-likeness (QED) is 0.431. The summed E-state index contributed by atoms with van der Waals surface area (Å²) in [5, 5.41) is -0.191. The third kappa shape index (κ3) is 1.57. The summed E-state index contributed by atoms with van der Waals surface area (Å²) in [7, 11) is 0. The van der Waals surface area contributed by atoms with E-state index >= 15 is 0 Å². The first-order valence-electron chi connectivity index (χ1n) is 2.60. The van der Waals surface area contributed by atoms with Crippen LogP contribution in [0, 0.1) is 0 Å². The van der Waals surface area contributed by atoms with Gasteiger partial charge >= 0.3 is 0 Å². The molecule has 1 atom stereocenters. The molecule has 0 fully saturated rings. The second-order valence-corrected chi connectivity index (χ2v) is 3.26. The minimum absolute atomic E-state index is 0.0845. The molecular formula is C5H4Cl3NO. The zero-order valence-electron chi connectivity index (χ0n) is 4.85. The molecule has 1 rings (SSSR count). The molecule has 1 heterocycles. The van der Waals surface area contributed by atoms with E-state index in [1.807, 2.05) is 0 Å². The molecule has 0 aliphatic carbocycles. The van der Waals surface area contributed by atoms with Crippen molar-refractivity contribution in [2.75, 3.05) is 6.54 Å². The highest BCUT2D eigenvalue weighted by atomic mass is 35.5. The summed E-state index contributed by atoms with van der Waals surface area (Å²) in [6.45, 7) is 0.304. The molecule has 0 aromatic carbocycles. The highest BCUT2D eigenvalue weighted by Crippen LogP contribution is 2.19. The van der Waals surface area contributed by atoms with Crippen molar-refractivity contribution in [1.29, 1.82) is 0 Å². The first-order valence-corrected chi connectivity index (χ1v) is 3.75. The van der Waals surface area contributed by atoms with E-state index in [0.29, 0.717) is 6.54 Å². The predicted molar refractivity (Wildman–Crippen MR) is 41.1 cm³/mol. The summed E-state index contributed by atoms with van der Waals surface area (Å²) in [4.78, 5) is 10.8. The molecule has 1 aliphatic heterocycles. The Bertz CT molecular complexity index is 191. The number of alkyl halides is 1. The van der Waals surface area contributed by atoms with Crippen LogP contribution in [0.5, 0.6) is 0 Å². The van der Waals surface area contributed by atoms with Gasteiger partial charge < -0.3 is 0 Å². The Morgan fingerprint density at radius 2 is 2.30 bits per heavy atom. The number of carbonyl (C=O) groups is 1. The maximum atomic E-state index is 10.8. The minimum Gasteiger partial charge on any atom is -0.267 e. The number of hydrogen-bond donors (Lipinski definition) is 0. The van der Waals surface area contributed by atoms with Crippen molar-refractivity contribution in [3.8, 4) is 0 Å². The van der Waals surface area contributed by atoms with E-state index in [1.54, 1.807) is 0 Å². The molecule has 56 valence electrons. The number of halogens is 3. The van der Waals surface area contributed by atoms with Gasteiger partial charge in [-0.3, -0.25) is 4.79 Å². The van der Waals surface area contributed by atoms with Crippen molar-refractivity contribution in [1.82, 2.24) is 4.42 Å². The molecule has 0 spiro atoms. The summed E-state index contributed by atoms with van der Waals surface area (Å²) in [6, 6.07) is 0. The van der Waals surface area contributed by atoms with Crippen LogP contribution in [0.2, 0.25) is 0 Å². The summed E-state index contributed by atoms with van der Waals surface area (Å²) >= 11 is 16.5. The summed E-state index contributed by atoms with van der Waals surface area (Å²) in [6.07, 6.45) is 1.48. The van der Waals surface area contributed by atoms with Gasteiger partial charge in [-0.25, -0.2) is 4.42 Å². The highest BCUT2D eigenvalue weighted by molar-refractivity contribution is 6.45. The number of rotatable bonds is 0. The lowest BCUT2D eigenvalue weighted by atomic mass is 10.3. The average molecular weight is 200 g/mol. The van der Waals surface area contributed by atoms with E-state index in [9.17, 15) is 4.79 Å².